The summed E-state index contributed by atoms with van der Waals surface area (Å²) in [5, 5.41) is 49.6. The van der Waals surface area contributed by atoms with E-state index in [0.29, 0.717) is 96.6 Å². The van der Waals surface area contributed by atoms with Crippen LogP contribution in [0.1, 0.15) is 116 Å². The Morgan fingerprint density at radius 1 is 0.278 bits per heavy atom. The third-order valence-corrected chi connectivity index (χ3v) is 14.8. The number of rotatable bonds is 16. The molecule has 4 atom stereocenters. The molecule has 0 aromatic heterocycles. The molecule has 0 fully saturated rings. The number of ether oxygens (including phenoxy) is 4. The van der Waals surface area contributed by atoms with Gasteiger partial charge in [0.2, 0.25) is 0 Å². The van der Waals surface area contributed by atoms with Crippen molar-refractivity contribution >= 4 is 0 Å². The molecule has 0 saturated carbocycles. The van der Waals surface area contributed by atoms with E-state index in [1.165, 1.54) is 0 Å². The quantitative estimate of drug-likeness (QED) is 0.0756. The van der Waals surface area contributed by atoms with Gasteiger partial charge in [0.25, 0.3) is 0 Å². The first kappa shape index (κ1) is 49.2. The van der Waals surface area contributed by atoms with Gasteiger partial charge >= 0.3 is 0 Å². The van der Waals surface area contributed by atoms with Gasteiger partial charge in [-0.25, -0.2) is 0 Å². The van der Waals surface area contributed by atoms with Crippen molar-refractivity contribution in [2.75, 3.05) is 28.4 Å². The van der Waals surface area contributed by atoms with E-state index in [1.807, 2.05) is 72.8 Å². The lowest BCUT2D eigenvalue weighted by Gasteiger charge is -2.30. The lowest BCUT2D eigenvalue weighted by molar-refractivity contribution is 0.388. The fourth-order valence-electron chi connectivity index (χ4n) is 11.1. The first-order valence-electron chi connectivity index (χ1n) is 25.0. The van der Waals surface area contributed by atoms with Crippen LogP contribution in [-0.4, -0.2) is 48.9 Å². The van der Waals surface area contributed by atoms with Crippen molar-refractivity contribution in [3.63, 3.8) is 0 Å². The predicted molar refractivity (Wildman–Crippen MR) is 285 cm³/mol. The van der Waals surface area contributed by atoms with E-state index in [2.05, 4.69) is 72.8 Å². The van der Waals surface area contributed by atoms with Gasteiger partial charge in [0.05, 0.1) is 28.4 Å². The third kappa shape index (κ3) is 10.6. The Labute approximate surface area is 423 Å². The topological polar surface area (TPSA) is 118 Å². The molecule has 9 rings (SSSR count). The average Bonchev–Trinajstić information content (AvgIpc) is 3.41. The summed E-state index contributed by atoms with van der Waals surface area (Å²) in [6.45, 7) is 0. The number of benzene rings is 8. The molecule has 8 aromatic carbocycles. The zero-order chi connectivity index (χ0) is 50.1. The molecule has 8 bridgehead atoms. The van der Waals surface area contributed by atoms with E-state index in [0.717, 1.165) is 44.5 Å². The Hall–Kier alpha value is -7.84. The molecule has 1 aliphatic carbocycles. The lowest BCUT2D eigenvalue weighted by Crippen LogP contribution is -2.14. The number of hydrogen-bond donors (Lipinski definition) is 4. The Morgan fingerprint density at radius 2 is 0.472 bits per heavy atom. The Balaban J connectivity index is 1.37. The monoisotopic (exact) mass is 960 g/mol. The Kier molecular flexibility index (Phi) is 15.4. The molecule has 0 heterocycles. The molecule has 1 aliphatic rings. The number of phenols is 4. The maximum atomic E-state index is 12.4. The van der Waals surface area contributed by atoms with Gasteiger partial charge in [0, 0.05) is 92.4 Å². The van der Waals surface area contributed by atoms with Crippen LogP contribution in [0.4, 0.5) is 0 Å². The zero-order valence-electron chi connectivity index (χ0n) is 41.6. The molecule has 0 aliphatic heterocycles. The van der Waals surface area contributed by atoms with Gasteiger partial charge in [0.15, 0.2) is 0 Å². The number of fused-ring (bicyclic) bond motifs is 8. The minimum absolute atomic E-state index is 0.0550. The summed E-state index contributed by atoms with van der Waals surface area (Å²) in [6, 6.07) is 56.2. The van der Waals surface area contributed by atoms with Crippen molar-refractivity contribution in [3.05, 3.63) is 237 Å². The van der Waals surface area contributed by atoms with Gasteiger partial charge in [0.1, 0.15) is 46.0 Å². The van der Waals surface area contributed by atoms with Crippen molar-refractivity contribution in [3.8, 4) is 46.0 Å². The lowest BCUT2D eigenvalue weighted by atomic mass is 9.76. The summed E-state index contributed by atoms with van der Waals surface area (Å²) in [6.07, 6.45) is 4.96. The van der Waals surface area contributed by atoms with E-state index in [1.54, 1.807) is 52.7 Å². The Morgan fingerprint density at radius 3 is 0.653 bits per heavy atom. The van der Waals surface area contributed by atoms with Gasteiger partial charge in [-0.3, -0.25) is 0 Å². The van der Waals surface area contributed by atoms with Crippen LogP contribution in [0, 0.1) is 0 Å². The summed E-state index contributed by atoms with van der Waals surface area (Å²) < 4.78 is 24.8. The van der Waals surface area contributed by atoms with Crippen molar-refractivity contribution in [2.24, 2.45) is 0 Å². The van der Waals surface area contributed by atoms with Gasteiger partial charge in [-0.05, 0) is 97.9 Å². The smallest absolute Gasteiger partial charge is 0.126 e. The Bertz CT molecular complexity index is 2660. The summed E-state index contributed by atoms with van der Waals surface area (Å²) in [4.78, 5) is 0. The van der Waals surface area contributed by atoms with Gasteiger partial charge in [-0.15, -0.1) is 0 Å². The number of aromatic hydroxyl groups is 4. The molecule has 4 N–H and O–H groups in total. The summed E-state index contributed by atoms with van der Waals surface area (Å²) in [7, 11) is 6.44. The highest BCUT2D eigenvalue weighted by molar-refractivity contribution is 5.63. The minimum Gasteiger partial charge on any atom is -0.508 e. The zero-order valence-corrected chi connectivity index (χ0v) is 41.6. The summed E-state index contributed by atoms with van der Waals surface area (Å²) in [5.41, 5.74) is 10.3. The SMILES string of the molecule is COc1cc(O)c2cc1[C@H](CCc1ccccc1)c1cc(c(OC)cc1O)[C@H](CCc1ccccc1)c1cc(c(OC)cc1O)[C@H](CCc1ccccc1)c1cc(c(OC)cc1O)[C@@H]2CCc1ccccc1. The molecule has 8 heteroatoms. The van der Waals surface area contributed by atoms with Crippen molar-refractivity contribution in [2.45, 2.75) is 75.0 Å². The number of phenolic OH excluding ortho intramolecular Hbond substituents is 4. The van der Waals surface area contributed by atoms with Crippen LogP contribution < -0.4 is 18.9 Å². The molecule has 8 nitrogen and oxygen atoms in total. The molecule has 0 unspecified atom stereocenters. The van der Waals surface area contributed by atoms with E-state index >= 15 is 0 Å². The third-order valence-electron chi connectivity index (χ3n) is 14.8. The van der Waals surface area contributed by atoms with Gasteiger partial charge < -0.3 is 39.4 Å². The van der Waals surface area contributed by atoms with Crippen molar-refractivity contribution < 1.29 is 39.4 Å². The first-order chi connectivity index (χ1) is 35.2. The molecule has 8 aromatic rings. The highest BCUT2D eigenvalue weighted by Gasteiger charge is 2.34. The normalized spacial score (nSPS) is 16.2. The van der Waals surface area contributed by atoms with E-state index in [-0.39, 0.29) is 23.0 Å². The maximum absolute atomic E-state index is 12.4. The van der Waals surface area contributed by atoms with Crippen LogP contribution in [0.15, 0.2) is 170 Å². The van der Waals surface area contributed by atoms with Crippen LogP contribution in [-0.2, 0) is 25.7 Å². The predicted octanol–water partition coefficient (Wildman–Crippen LogP) is 13.9. The van der Waals surface area contributed by atoms with Crippen LogP contribution in [0.2, 0.25) is 0 Å². The van der Waals surface area contributed by atoms with Crippen molar-refractivity contribution in [1.82, 2.24) is 0 Å². The van der Waals surface area contributed by atoms with E-state index in [9.17, 15) is 20.4 Å². The van der Waals surface area contributed by atoms with E-state index in [4.69, 9.17) is 18.9 Å². The molecule has 368 valence electrons. The molecular weight excluding hydrogens is 897 g/mol. The molecule has 0 amide bonds. The highest BCUT2D eigenvalue weighted by atomic mass is 16.5. The second-order valence-electron chi connectivity index (χ2n) is 18.9. The number of hydrogen-bond acceptors (Lipinski definition) is 8. The average molecular weight is 961 g/mol. The minimum atomic E-state index is -0.457. The fraction of sp³-hybridized carbons (Fsp3) is 0.250. The van der Waals surface area contributed by atoms with Crippen LogP contribution in [0.5, 0.6) is 46.0 Å². The second kappa shape index (κ2) is 22.5. The van der Waals surface area contributed by atoms with Crippen LogP contribution in [0.3, 0.4) is 0 Å². The molecular formula is C64H64O8. The van der Waals surface area contributed by atoms with Gasteiger partial charge in [-0.2, -0.15) is 0 Å². The van der Waals surface area contributed by atoms with Crippen molar-refractivity contribution in [1.29, 1.82) is 0 Å². The largest absolute Gasteiger partial charge is 0.508 e. The fourth-order valence-corrected chi connectivity index (χ4v) is 11.1. The molecule has 0 spiro atoms. The number of methoxy groups -OCH3 is 4. The number of aryl methyl sites for hydroxylation is 4. The summed E-state index contributed by atoms with van der Waals surface area (Å²) in [5.74, 6) is 0.304. The first-order valence-corrected chi connectivity index (χ1v) is 25.0. The standard InChI is InChI=1S/C64H64O8/c1-69-61-37-57(65)49-33-53(61)45(29-25-41-17-9-5-10-18-41)50-34-54(62(70-2)38-58(50)66)47(31-27-43-21-13-7-14-22-43)52-36-56(64(72-4)40-60(52)68)48(32-28-44-23-15-8-16-24-44)51-35-55(63(71-3)39-59(51)67)46(49)30-26-42-19-11-6-12-20-42/h5-24,33-40,45-48,65-68H,25-32H2,1-4H3/t45-,46-,47-,48-/m1/s1. The highest BCUT2D eigenvalue weighted by Crippen LogP contribution is 2.53. The van der Waals surface area contributed by atoms with Crippen LogP contribution in [0.25, 0.3) is 0 Å². The molecule has 0 radical (unpaired) electrons. The summed E-state index contributed by atoms with van der Waals surface area (Å²) >= 11 is 0. The van der Waals surface area contributed by atoms with E-state index < -0.39 is 23.7 Å². The van der Waals surface area contributed by atoms with Crippen LogP contribution >= 0.6 is 0 Å². The second-order valence-corrected chi connectivity index (χ2v) is 18.9. The molecule has 0 saturated heterocycles. The maximum Gasteiger partial charge on any atom is 0.126 e. The van der Waals surface area contributed by atoms with Gasteiger partial charge in [-0.1, -0.05) is 121 Å². The molecule has 72 heavy (non-hydrogen) atoms.